The van der Waals surface area contributed by atoms with Crippen LogP contribution >= 0.6 is 0 Å². The number of fused-ring (bicyclic) bond motifs is 2. The molecule has 2 heterocycles. The maximum Gasteiger partial charge on any atom is 0.281 e. The van der Waals surface area contributed by atoms with Gasteiger partial charge in [-0.1, -0.05) is 75.4 Å². The fourth-order valence-electron chi connectivity index (χ4n) is 4.09. The van der Waals surface area contributed by atoms with E-state index in [2.05, 4.69) is 38.8 Å². The summed E-state index contributed by atoms with van der Waals surface area (Å²) in [5.41, 5.74) is 1.24. The van der Waals surface area contributed by atoms with Crippen LogP contribution in [0.5, 0.6) is 0 Å². The number of rotatable bonds is 5. The molecule has 0 unspecified atom stereocenters. The second-order valence-corrected chi connectivity index (χ2v) is 15.4. The fourth-order valence-corrected chi connectivity index (χ4v) is 5.27. The maximum absolute atomic E-state index is 14.0. The van der Waals surface area contributed by atoms with Gasteiger partial charge < -0.3 is 4.43 Å². The van der Waals surface area contributed by atoms with Crippen molar-refractivity contribution in [3.8, 4) is 0 Å². The molecule has 1 atom stereocenters. The monoisotopic (exact) mass is 510 g/mol. The number of nitrogens with zero attached hydrogens (tertiary/aromatic N) is 4. The minimum atomic E-state index is -2.36. The van der Waals surface area contributed by atoms with Crippen LogP contribution in [0.3, 0.4) is 0 Å². The molecule has 0 spiro atoms. The predicted octanol–water partition coefficient (Wildman–Crippen LogP) is 5.53. The molecule has 37 heavy (non-hydrogen) atoms. The highest BCUT2D eigenvalue weighted by atomic mass is 28.4. The van der Waals surface area contributed by atoms with Crippen LogP contribution < -0.4 is 11.1 Å². The molecule has 0 radical (unpaired) electrons. The molecule has 0 fully saturated rings. The standard InChI is InChI=1S/C29H30N4O3Si/c1-29(2,3)37(4,5)36-25(20-13-7-6-8-14-20)26-31-24-18-12-10-16-22(24)28(35)33(26)32-19-30-23-17-11-9-15-21(23)27(32)34/h6-19,25H,1-5H3/t25-/m0/s1. The lowest BCUT2D eigenvalue weighted by atomic mass is 10.1. The Hall–Kier alpha value is -3.88. The first-order valence-electron chi connectivity index (χ1n) is 12.3. The first-order valence-corrected chi connectivity index (χ1v) is 15.2. The van der Waals surface area contributed by atoms with Gasteiger partial charge in [-0.25, -0.2) is 9.97 Å². The molecular weight excluding hydrogens is 480 g/mol. The van der Waals surface area contributed by atoms with E-state index < -0.39 is 14.4 Å². The van der Waals surface area contributed by atoms with Crippen molar-refractivity contribution in [3.63, 3.8) is 0 Å². The van der Waals surface area contributed by atoms with Gasteiger partial charge in [0.05, 0.1) is 21.8 Å². The molecule has 0 aliphatic heterocycles. The summed E-state index contributed by atoms with van der Waals surface area (Å²) in [5.74, 6) is 0.332. The third-order valence-corrected chi connectivity index (χ3v) is 11.6. The van der Waals surface area contributed by atoms with Gasteiger partial charge in [-0.15, -0.1) is 0 Å². The van der Waals surface area contributed by atoms with Crippen LogP contribution in [0.1, 0.15) is 38.3 Å². The van der Waals surface area contributed by atoms with E-state index in [-0.39, 0.29) is 16.2 Å². The normalized spacial score (nSPS) is 13.2. The average molecular weight is 511 g/mol. The summed E-state index contributed by atoms with van der Waals surface area (Å²) in [4.78, 5) is 37.1. The first-order chi connectivity index (χ1) is 17.6. The van der Waals surface area contributed by atoms with E-state index in [1.807, 2.05) is 42.5 Å². The average Bonchev–Trinajstić information content (AvgIpc) is 2.88. The predicted molar refractivity (Wildman–Crippen MR) is 149 cm³/mol. The number of hydrogen-bond donors (Lipinski definition) is 0. The summed E-state index contributed by atoms with van der Waals surface area (Å²) in [6.45, 7) is 10.8. The topological polar surface area (TPSA) is 79.0 Å². The van der Waals surface area contributed by atoms with Gasteiger partial charge in [0.25, 0.3) is 11.1 Å². The molecule has 0 aliphatic rings. The van der Waals surface area contributed by atoms with Gasteiger partial charge in [-0.05, 0) is 48.0 Å². The maximum atomic E-state index is 14.0. The lowest BCUT2D eigenvalue weighted by Gasteiger charge is -2.39. The molecule has 2 aromatic heterocycles. The molecule has 7 nitrogen and oxygen atoms in total. The third kappa shape index (κ3) is 4.43. The van der Waals surface area contributed by atoms with E-state index in [9.17, 15) is 9.59 Å². The largest absolute Gasteiger partial charge is 0.403 e. The van der Waals surface area contributed by atoms with Crippen LogP contribution in [0.25, 0.3) is 21.8 Å². The van der Waals surface area contributed by atoms with Crippen molar-refractivity contribution < 1.29 is 4.43 Å². The van der Waals surface area contributed by atoms with E-state index in [0.717, 1.165) is 5.56 Å². The third-order valence-electron chi connectivity index (χ3n) is 7.20. The molecular formula is C29H30N4O3Si. The fraction of sp³-hybridized carbons (Fsp3) is 0.241. The highest BCUT2D eigenvalue weighted by Gasteiger charge is 2.41. The quantitative estimate of drug-likeness (QED) is 0.291. The molecule has 188 valence electrons. The molecule has 0 bridgehead atoms. The molecule has 0 N–H and O–H groups in total. The lowest BCUT2D eigenvalue weighted by molar-refractivity contribution is 0.203. The van der Waals surface area contributed by atoms with Crippen molar-refractivity contribution in [1.29, 1.82) is 0 Å². The van der Waals surface area contributed by atoms with Gasteiger partial charge >= 0.3 is 0 Å². The van der Waals surface area contributed by atoms with Gasteiger partial charge in [0.2, 0.25) is 0 Å². The van der Waals surface area contributed by atoms with Gasteiger partial charge in [0.15, 0.2) is 14.1 Å². The second kappa shape index (κ2) is 9.21. The number of aromatic nitrogens is 4. The van der Waals surface area contributed by atoms with Crippen molar-refractivity contribution in [2.45, 2.75) is 45.0 Å². The summed E-state index contributed by atoms with van der Waals surface area (Å²) in [6, 6.07) is 24.0. The van der Waals surface area contributed by atoms with E-state index in [4.69, 9.17) is 9.41 Å². The Morgan fingerprint density at radius 3 is 2.00 bits per heavy atom. The number of para-hydroxylation sites is 2. The van der Waals surface area contributed by atoms with Crippen molar-refractivity contribution >= 4 is 30.1 Å². The molecule has 0 saturated carbocycles. The second-order valence-electron chi connectivity index (χ2n) is 10.7. The van der Waals surface area contributed by atoms with Crippen LogP contribution in [0, 0.1) is 0 Å². The Morgan fingerprint density at radius 2 is 1.35 bits per heavy atom. The Labute approximate surface area is 216 Å². The molecule has 0 amide bonds. The van der Waals surface area contributed by atoms with Crippen molar-refractivity contribution in [3.05, 3.63) is 117 Å². The van der Waals surface area contributed by atoms with Crippen molar-refractivity contribution in [2.75, 3.05) is 0 Å². The summed E-state index contributed by atoms with van der Waals surface area (Å²) >= 11 is 0. The number of hydrogen-bond acceptors (Lipinski definition) is 5. The van der Waals surface area contributed by atoms with Gasteiger partial charge in [0.1, 0.15) is 12.4 Å². The van der Waals surface area contributed by atoms with Crippen LogP contribution in [0.2, 0.25) is 18.1 Å². The van der Waals surface area contributed by atoms with Crippen LogP contribution in [-0.2, 0) is 4.43 Å². The SMILES string of the molecule is CC(C)(C)[Si](C)(C)O[C@@H](c1ccccc1)c1nc2ccccc2c(=O)n1-n1cnc2ccccc2c1=O. The van der Waals surface area contributed by atoms with E-state index >= 15 is 0 Å². The minimum absolute atomic E-state index is 0.0939. The summed E-state index contributed by atoms with van der Waals surface area (Å²) in [6.07, 6.45) is 0.707. The zero-order valence-corrected chi connectivity index (χ0v) is 22.7. The van der Waals surface area contributed by atoms with Crippen LogP contribution in [0.4, 0.5) is 0 Å². The highest BCUT2D eigenvalue weighted by molar-refractivity contribution is 6.74. The van der Waals surface area contributed by atoms with Crippen molar-refractivity contribution in [1.82, 2.24) is 19.3 Å². The molecule has 5 rings (SSSR count). The Balaban J connectivity index is 1.87. The Bertz CT molecular complexity index is 1720. The van der Waals surface area contributed by atoms with Gasteiger partial charge in [-0.3, -0.25) is 9.59 Å². The van der Waals surface area contributed by atoms with Gasteiger partial charge in [-0.2, -0.15) is 9.35 Å². The van der Waals surface area contributed by atoms with Gasteiger partial charge in [0, 0.05) is 0 Å². The zero-order chi connectivity index (χ0) is 26.4. The minimum Gasteiger partial charge on any atom is -0.403 e. The molecule has 0 saturated heterocycles. The summed E-state index contributed by atoms with van der Waals surface area (Å²) in [7, 11) is -2.36. The van der Waals surface area contributed by atoms with E-state index in [1.165, 1.54) is 15.7 Å². The molecule has 0 aliphatic carbocycles. The first kappa shape index (κ1) is 24.8. The van der Waals surface area contributed by atoms with Crippen molar-refractivity contribution in [2.24, 2.45) is 0 Å². The summed E-state index contributed by atoms with van der Waals surface area (Å²) < 4.78 is 9.53. The lowest BCUT2D eigenvalue weighted by Crippen LogP contribution is -2.44. The summed E-state index contributed by atoms with van der Waals surface area (Å²) in [5, 5.41) is 0.728. The Morgan fingerprint density at radius 1 is 0.784 bits per heavy atom. The number of benzene rings is 3. The van der Waals surface area contributed by atoms with E-state index in [0.29, 0.717) is 27.6 Å². The smallest absolute Gasteiger partial charge is 0.281 e. The molecule has 5 aromatic rings. The highest BCUT2D eigenvalue weighted by Crippen LogP contribution is 2.41. The van der Waals surface area contributed by atoms with E-state index in [1.54, 1.807) is 36.4 Å². The molecule has 3 aromatic carbocycles. The Kier molecular flexibility index (Phi) is 6.17. The van der Waals surface area contributed by atoms with Crippen LogP contribution in [0.15, 0.2) is 94.8 Å². The molecule has 8 heteroatoms. The van der Waals surface area contributed by atoms with Crippen LogP contribution in [-0.4, -0.2) is 27.6 Å². The zero-order valence-electron chi connectivity index (χ0n) is 21.7.